The van der Waals surface area contributed by atoms with E-state index in [1.165, 1.54) is 5.56 Å². The highest BCUT2D eigenvalue weighted by molar-refractivity contribution is 5.77. The molecular formula is C17H19NO3. The molecule has 4 heteroatoms. The Kier molecular flexibility index (Phi) is 5.64. The Morgan fingerprint density at radius 1 is 1.00 bits per heavy atom. The molecule has 0 saturated carbocycles. The molecule has 0 saturated heterocycles. The van der Waals surface area contributed by atoms with E-state index in [0.29, 0.717) is 12.3 Å². The summed E-state index contributed by atoms with van der Waals surface area (Å²) in [6, 6.07) is 17.2. The lowest BCUT2D eigenvalue weighted by Gasteiger charge is -2.08. The van der Waals surface area contributed by atoms with Crippen molar-refractivity contribution in [1.82, 2.24) is 5.32 Å². The average Bonchev–Trinajstić information content (AvgIpc) is 2.54. The lowest BCUT2D eigenvalue weighted by Crippen LogP contribution is -2.30. The minimum Gasteiger partial charge on any atom is -0.497 e. The minimum atomic E-state index is -0.123. The van der Waals surface area contributed by atoms with E-state index in [2.05, 4.69) is 5.32 Å². The smallest absolute Gasteiger partial charge is 0.257 e. The maximum Gasteiger partial charge on any atom is 0.257 e. The molecule has 0 aliphatic heterocycles. The van der Waals surface area contributed by atoms with E-state index in [1.807, 2.05) is 30.3 Å². The van der Waals surface area contributed by atoms with Crippen LogP contribution in [0.1, 0.15) is 5.56 Å². The molecule has 0 atom stereocenters. The van der Waals surface area contributed by atoms with Gasteiger partial charge in [0.15, 0.2) is 6.61 Å². The fourth-order valence-electron chi connectivity index (χ4n) is 1.86. The summed E-state index contributed by atoms with van der Waals surface area (Å²) in [5, 5.41) is 2.84. The number of carbonyl (C=O) groups excluding carboxylic acids is 1. The molecule has 0 unspecified atom stereocenters. The van der Waals surface area contributed by atoms with Gasteiger partial charge in [0, 0.05) is 6.54 Å². The second kappa shape index (κ2) is 7.94. The highest BCUT2D eigenvalue weighted by atomic mass is 16.5. The SMILES string of the molecule is COc1ccc(OCC(=O)NCCc2ccccc2)cc1. The summed E-state index contributed by atoms with van der Waals surface area (Å²) in [5.41, 5.74) is 1.20. The van der Waals surface area contributed by atoms with Gasteiger partial charge in [-0.25, -0.2) is 0 Å². The highest BCUT2D eigenvalue weighted by Gasteiger charge is 2.02. The third kappa shape index (κ3) is 5.18. The fourth-order valence-corrected chi connectivity index (χ4v) is 1.86. The van der Waals surface area contributed by atoms with Crippen LogP contribution in [0.5, 0.6) is 11.5 Å². The molecule has 0 aliphatic rings. The molecule has 0 radical (unpaired) electrons. The van der Waals surface area contributed by atoms with Gasteiger partial charge in [0.2, 0.25) is 0 Å². The van der Waals surface area contributed by atoms with Crippen molar-refractivity contribution >= 4 is 5.91 Å². The van der Waals surface area contributed by atoms with Crippen LogP contribution in [0.3, 0.4) is 0 Å². The first kappa shape index (κ1) is 14.9. The third-order valence-corrected chi connectivity index (χ3v) is 3.01. The molecule has 0 spiro atoms. The minimum absolute atomic E-state index is 0.0150. The summed E-state index contributed by atoms with van der Waals surface area (Å²) in [6.07, 6.45) is 0.815. The van der Waals surface area contributed by atoms with Crippen LogP contribution in [-0.2, 0) is 11.2 Å². The van der Waals surface area contributed by atoms with Gasteiger partial charge in [0.25, 0.3) is 5.91 Å². The molecule has 2 rings (SSSR count). The van der Waals surface area contributed by atoms with Crippen LogP contribution in [0.4, 0.5) is 0 Å². The number of nitrogens with one attached hydrogen (secondary N) is 1. The standard InChI is InChI=1S/C17H19NO3/c1-20-15-7-9-16(10-8-15)21-13-17(19)18-12-11-14-5-3-2-4-6-14/h2-10H,11-13H2,1H3,(H,18,19). The molecule has 1 N–H and O–H groups in total. The van der Waals surface area contributed by atoms with Crippen LogP contribution >= 0.6 is 0 Å². The summed E-state index contributed by atoms with van der Waals surface area (Å²) >= 11 is 0. The van der Waals surface area contributed by atoms with Gasteiger partial charge in [-0.3, -0.25) is 4.79 Å². The first-order valence-electron chi connectivity index (χ1n) is 6.85. The van der Waals surface area contributed by atoms with Crippen LogP contribution in [0, 0.1) is 0 Å². The third-order valence-electron chi connectivity index (χ3n) is 3.01. The van der Waals surface area contributed by atoms with Crippen LogP contribution in [-0.4, -0.2) is 26.2 Å². The lowest BCUT2D eigenvalue weighted by atomic mass is 10.1. The Morgan fingerprint density at radius 3 is 2.33 bits per heavy atom. The van der Waals surface area contributed by atoms with Gasteiger partial charge in [0.05, 0.1) is 7.11 Å². The van der Waals surface area contributed by atoms with Crippen molar-refractivity contribution < 1.29 is 14.3 Å². The summed E-state index contributed by atoms with van der Waals surface area (Å²) in [5.74, 6) is 1.28. The number of carbonyl (C=O) groups is 1. The normalized spacial score (nSPS) is 9.95. The van der Waals surface area contributed by atoms with Crippen molar-refractivity contribution in [3.8, 4) is 11.5 Å². The molecule has 2 aromatic carbocycles. The van der Waals surface area contributed by atoms with Crippen LogP contribution < -0.4 is 14.8 Å². The first-order valence-corrected chi connectivity index (χ1v) is 6.85. The van der Waals surface area contributed by atoms with Gasteiger partial charge in [0.1, 0.15) is 11.5 Å². The Morgan fingerprint density at radius 2 is 1.67 bits per heavy atom. The topological polar surface area (TPSA) is 47.6 Å². The van der Waals surface area contributed by atoms with Crippen molar-refractivity contribution in [2.75, 3.05) is 20.3 Å². The van der Waals surface area contributed by atoms with Crippen molar-refractivity contribution in [2.24, 2.45) is 0 Å². The van der Waals surface area contributed by atoms with Crippen molar-refractivity contribution in [3.63, 3.8) is 0 Å². The zero-order valence-corrected chi connectivity index (χ0v) is 12.0. The Labute approximate surface area is 124 Å². The summed E-state index contributed by atoms with van der Waals surface area (Å²) < 4.78 is 10.5. The molecule has 0 bridgehead atoms. The van der Waals surface area contributed by atoms with E-state index >= 15 is 0 Å². The van der Waals surface area contributed by atoms with E-state index in [1.54, 1.807) is 31.4 Å². The molecule has 4 nitrogen and oxygen atoms in total. The number of rotatable bonds is 7. The van der Waals surface area contributed by atoms with Crippen LogP contribution in [0.2, 0.25) is 0 Å². The number of hydrogen-bond donors (Lipinski definition) is 1. The van der Waals surface area contributed by atoms with Crippen molar-refractivity contribution in [3.05, 3.63) is 60.2 Å². The number of ether oxygens (including phenoxy) is 2. The Bertz CT molecular complexity index is 552. The zero-order valence-electron chi connectivity index (χ0n) is 12.0. The van der Waals surface area contributed by atoms with E-state index in [4.69, 9.17) is 9.47 Å². The second-order valence-corrected chi connectivity index (χ2v) is 4.55. The van der Waals surface area contributed by atoms with Crippen molar-refractivity contribution in [1.29, 1.82) is 0 Å². The molecule has 0 heterocycles. The number of hydrogen-bond acceptors (Lipinski definition) is 3. The van der Waals surface area contributed by atoms with Gasteiger partial charge in [-0.15, -0.1) is 0 Å². The van der Waals surface area contributed by atoms with Gasteiger partial charge in [-0.1, -0.05) is 30.3 Å². The largest absolute Gasteiger partial charge is 0.497 e. The molecule has 0 aromatic heterocycles. The molecule has 21 heavy (non-hydrogen) atoms. The maximum absolute atomic E-state index is 11.7. The van der Waals surface area contributed by atoms with Crippen LogP contribution in [0.15, 0.2) is 54.6 Å². The predicted octanol–water partition coefficient (Wildman–Crippen LogP) is 2.43. The lowest BCUT2D eigenvalue weighted by molar-refractivity contribution is -0.123. The van der Waals surface area contributed by atoms with E-state index in [0.717, 1.165) is 12.2 Å². The summed E-state index contributed by atoms with van der Waals surface area (Å²) in [7, 11) is 1.61. The monoisotopic (exact) mass is 285 g/mol. The molecule has 110 valence electrons. The maximum atomic E-state index is 11.7. The van der Waals surface area contributed by atoms with E-state index in [-0.39, 0.29) is 12.5 Å². The number of benzene rings is 2. The van der Waals surface area contributed by atoms with E-state index < -0.39 is 0 Å². The van der Waals surface area contributed by atoms with Gasteiger partial charge in [-0.2, -0.15) is 0 Å². The highest BCUT2D eigenvalue weighted by Crippen LogP contribution is 2.16. The van der Waals surface area contributed by atoms with Gasteiger partial charge >= 0.3 is 0 Å². The molecule has 2 aromatic rings. The summed E-state index contributed by atoms with van der Waals surface area (Å²) in [4.78, 5) is 11.7. The zero-order chi connectivity index (χ0) is 14.9. The first-order chi connectivity index (χ1) is 10.3. The average molecular weight is 285 g/mol. The molecular weight excluding hydrogens is 266 g/mol. The number of methoxy groups -OCH3 is 1. The number of amides is 1. The van der Waals surface area contributed by atoms with E-state index in [9.17, 15) is 4.79 Å². The molecule has 0 aliphatic carbocycles. The molecule has 1 amide bonds. The quantitative estimate of drug-likeness (QED) is 0.850. The van der Waals surface area contributed by atoms with Crippen LogP contribution in [0.25, 0.3) is 0 Å². The molecule has 0 fully saturated rings. The van der Waals surface area contributed by atoms with Gasteiger partial charge in [-0.05, 0) is 36.2 Å². The Hall–Kier alpha value is -2.49. The van der Waals surface area contributed by atoms with Crippen molar-refractivity contribution in [2.45, 2.75) is 6.42 Å². The van der Waals surface area contributed by atoms with Gasteiger partial charge < -0.3 is 14.8 Å². The second-order valence-electron chi connectivity index (χ2n) is 4.55. The Balaban J connectivity index is 1.67. The fraction of sp³-hybridized carbons (Fsp3) is 0.235. The predicted molar refractivity (Wildman–Crippen MR) is 81.6 cm³/mol. The summed E-state index contributed by atoms with van der Waals surface area (Å²) in [6.45, 7) is 0.621.